The largest absolute Gasteiger partial charge is 0.506 e. The third kappa shape index (κ3) is 7.33. The Labute approximate surface area is 223 Å². The highest BCUT2D eigenvalue weighted by Gasteiger charge is 2.34. The Hall–Kier alpha value is -3.43. The number of rotatable bonds is 12. The number of Topliss-reactive ketones (excluding diaryl/α,β-unsaturated/α-hetero) is 1. The number of phenolic OH excluding ortho intramolecular Hbond substituents is 1. The second-order valence-electron chi connectivity index (χ2n) is 9.48. The highest BCUT2D eigenvalue weighted by molar-refractivity contribution is 5.94. The zero-order valence-electron chi connectivity index (χ0n) is 21.9. The van der Waals surface area contributed by atoms with E-state index >= 15 is 0 Å². The first-order valence-electron chi connectivity index (χ1n) is 12.9. The summed E-state index contributed by atoms with van der Waals surface area (Å²) in [7, 11) is 1.67. The van der Waals surface area contributed by atoms with Gasteiger partial charge in [-0.3, -0.25) is 4.79 Å². The molecule has 0 saturated carbocycles. The molecule has 1 aliphatic heterocycles. The molecule has 1 saturated heterocycles. The maximum atomic E-state index is 11.5. The molecule has 1 aliphatic rings. The lowest BCUT2D eigenvalue weighted by atomic mass is 9.85. The van der Waals surface area contributed by atoms with Crippen molar-refractivity contribution < 1.29 is 29.2 Å². The Morgan fingerprint density at radius 1 is 1.03 bits per heavy atom. The number of ether oxygens (including phenoxy) is 3. The van der Waals surface area contributed by atoms with Crippen LogP contribution < -0.4 is 15.4 Å². The summed E-state index contributed by atoms with van der Waals surface area (Å²) in [5.41, 5.74) is 3.19. The number of benzene rings is 3. The molecule has 0 bridgehead atoms. The number of ketones is 1. The first kappa shape index (κ1) is 27.6. The third-order valence-corrected chi connectivity index (χ3v) is 6.64. The molecule has 8 heteroatoms. The second kappa shape index (κ2) is 13.4. The number of aromatic hydroxyl groups is 1. The van der Waals surface area contributed by atoms with Crippen LogP contribution in [0.15, 0.2) is 66.7 Å². The average Bonchev–Trinajstić information content (AvgIpc) is 2.92. The van der Waals surface area contributed by atoms with Gasteiger partial charge in [0.2, 0.25) is 0 Å². The van der Waals surface area contributed by atoms with Gasteiger partial charge in [0.15, 0.2) is 5.78 Å². The Bertz CT molecular complexity index is 1180. The zero-order chi connectivity index (χ0) is 26.9. The molecule has 3 aromatic rings. The van der Waals surface area contributed by atoms with Gasteiger partial charge in [0.05, 0.1) is 24.5 Å². The fourth-order valence-corrected chi connectivity index (χ4v) is 4.58. The van der Waals surface area contributed by atoms with E-state index in [2.05, 4.69) is 10.6 Å². The fraction of sp³-hybridized carbons (Fsp3) is 0.367. The van der Waals surface area contributed by atoms with E-state index in [0.717, 1.165) is 17.5 Å². The summed E-state index contributed by atoms with van der Waals surface area (Å²) in [4.78, 5) is 11.5. The van der Waals surface area contributed by atoms with Crippen LogP contribution in [0.1, 0.15) is 40.7 Å². The molecule has 0 radical (unpaired) electrons. The minimum Gasteiger partial charge on any atom is -0.506 e. The van der Waals surface area contributed by atoms with Crippen LogP contribution in [0.4, 0.5) is 5.69 Å². The van der Waals surface area contributed by atoms with Gasteiger partial charge in [0.25, 0.3) is 0 Å². The van der Waals surface area contributed by atoms with Crippen LogP contribution in [0.5, 0.6) is 17.2 Å². The molecule has 4 rings (SSSR count). The number of hydrogen-bond donors (Lipinski definition) is 4. The van der Waals surface area contributed by atoms with Crippen molar-refractivity contribution in [1.82, 2.24) is 5.32 Å². The molecule has 38 heavy (non-hydrogen) atoms. The van der Waals surface area contributed by atoms with Crippen LogP contribution in [-0.2, 0) is 16.1 Å². The summed E-state index contributed by atoms with van der Waals surface area (Å²) < 4.78 is 17.3. The molecule has 1 heterocycles. The topological polar surface area (TPSA) is 109 Å². The molecule has 8 nitrogen and oxygen atoms in total. The van der Waals surface area contributed by atoms with Gasteiger partial charge in [-0.25, -0.2) is 0 Å². The van der Waals surface area contributed by atoms with Crippen molar-refractivity contribution in [3.8, 4) is 17.2 Å². The molecular formula is C30H36N2O6. The molecule has 1 fully saturated rings. The first-order valence-corrected chi connectivity index (χ1v) is 12.9. The third-order valence-electron chi connectivity index (χ3n) is 6.64. The van der Waals surface area contributed by atoms with Gasteiger partial charge >= 0.3 is 0 Å². The van der Waals surface area contributed by atoms with E-state index in [-0.39, 0.29) is 23.6 Å². The predicted octanol–water partition coefficient (Wildman–Crippen LogP) is 4.47. The molecule has 0 aromatic heterocycles. The van der Waals surface area contributed by atoms with E-state index in [1.54, 1.807) is 37.4 Å². The van der Waals surface area contributed by atoms with E-state index in [9.17, 15) is 15.0 Å². The van der Waals surface area contributed by atoms with E-state index in [4.69, 9.17) is 14.2 Å². The summed E-state index contributed by atoms with van der Waals surface area (Å²) in [6, 6.07) is 20.1. The highest BCUT2D eigenvalue weighted by atomic mass is 16.5. The van der Waals surface area contributed by atoms with Crippen molar-refractivity contribution in [2.45, 2.75) is 38.1 Å². The van der Waals surface area contributed by atoms with Gasteiger partial charge in [0, 0.05) is 44.8 Å². The second-order valence-corrected chi connectivity index (χ2v) is 9.48. The summed E-state index contributed by atoms with van der Waals surface area (Å²) in [6.07, 6.45) is -0.00557. The van der Waals surface area contributed by atoms with E-state index in [1.807, 2.05) is 36.4 Å². The van der Waals surface area contributed by atoms with Gasteiger partial charge < -0.3 is 35.1 Å². The number of carbonyl (C=O) groups excluding carboxylic acids is 1. The van der Waals surface area contributed by atoms with Crippen LogP contribution in [0.25, 0.3) is 0 Å². The number of hydrogen-bond acceptors (Lipinski definition) is 8. The van der Waals surface area contributed by atoms with Gasteiger partial charge in [0.1, 0.15) is 17.2 Å². The van der Waals surface area contributed by atoms with Gasteiger partial charge in [-0.15, -0.1) is 0 Å². The van der Waals surface area contributed by atoms with Crippen LogP contribution in [0.3, 0.4) is 0 Å². The van der Waals surface area contributed by atoms with Crippen molar-refractivity contribution in [1.29, 1.82) is 0 Å². The van der Waals surface area contributed by atoms with Gasteiger partial charge in [-0.1, -0.05) is 18.2 Å². The van der Waals surface area contributed by atoms with E-state index < -0.39 is 6.10 Å². The molecule has 0 aliphatic carbocycles. The summed E-state index contributed by atoms with van der Waals surface area (Å²) in [5.74, 6) is 1.31. The molecule has 202 valence electrons. The molecule has 0 amide bonds. The number of carbonyl (C=O) groups is 1. The molecule has 3 aromatic carbocycles. The monoisotopic (exact) mass is 520 g/mol. The number of piperidine rings is 1. The first-order chi connectivity index (χ1) is 18.4. The number of phenols is 1. The van der Waals surface area contributed by atoms with Crippen LogP contribution in [0, 0.1) is 0 Å². The minimum atomic E-state index is -0.600. The summed E-state index contributed by atoms with van der Waals surface area (Å²) in [6.45, 7) is 4.32. The number of aliphatic hydroxyl groups is 1. The van der Waals surface area contributed by atoms with Crippen LogP contribution >= 0.6 is 0 Å². The lowest BCUT2D eigenvalue weighted by Crippen LogP contribution is -2.49. The smallest absolute Gasteiger partial charge is 0.159 e. The lowest BCUT2D eigenvalue weighted by molar-refractivity contribution is -0.0328. The van der Waals surface area contributed by atoms with Gasteiger partial charge in [-0.05, 0) is 73.0 Å². The summed E-state index contributed by atoms with van der Waals surface area (Å²) in [5, 5.41) is 27.5. The summed E-state index contributed by atoms with van der Waals surface area (Å²) >= 11 is 0. The van der Waals surface area contributed by atoms with Crippen molar-refractivity contribution in [3.63, 3.8) is 0 Å². The quantitative estimate of drug-likeness (QED) is 0.157. The average molecular weight is 521 g/mol. The maximum Gasteiger partial charge on any atom is 0.159 e. The van der Waals surface area contributed by atoms with Crippen LogP contribution in [0.2, 0.25) is 0 Å². The fourth-order valence-electron chi connectivity index (χ4n) is 4.58. The van der Waals surface area contributed by atoms with Crippen LogP contribution in [-0.4, -0.2) is 61.6 Å². The number of nitrogens with one attached hydrogen (secondary N) is 2. The predicted molar refractivity (Wildman–Crippen MR) is 146 cm³/mol. The normalized spacial score (nSPS) is 19.2. The Balaban J connectivity index is 1.39. The highest BCUT2D eigenvalue weighted by Crippen LogP contribution is 2.32. The van der Waals surface area contributed by atoms with Crippen molar-refractivity contribution >= 4 is 11.5 Å². The molecule has 0 spiro atoms. The molecule has 4 N–H and O–H groups in total. The number of anilines is 1. The number of β-amino-alcohol motifs (C(OH)–C–C–N with tert-alkyl or cyclic N) is 1. The Morgan fingerprint density at radius 3 is 2.42 bits per heavy atom. The SMILES string of the molecule is COCCCNc1cc(CO[C@H]2CNC[C@@H](O)[C@@H]2c2ccc(Oc3ccc(C(C)=O)cc3)cc2)ccc1O. The number of methoxy groups -OCH3 is 1. The maximum absolute atomic E-state index is 11.5. The zero-order valence-corrected chi connectivity index (χ0v) is 21.9. The Kier molecular flexibility index (Phi) is 9.73. The van der Waals surface area contributed by atoms with E-state index in [0.29, 0.717) is 55.6 Å². The van der Waals surface area contributed by atoms with Crippen molar-refractivity contribution in [2.75, 3.05) is 38.7 Å². The lowest BCUT2D eigenvalue weighted by Gasteiger charge is -2.36. The Morgan fingerprint density at radius 2 is 1.74 bits per heavy atom. The van der Waals surface area contributed by atoms with Crippen molar-refractivity contribution in [2.24, 2.45) is 0 Å². The molecule has 3 atom stereocenters. The molecular weight excluding hydrogens is 484 g/mol. The van der Waals surface area contributed by atoms with Gasteiger partial charge in [-0.2, -0.15) is 0 Å². The standard InChI is InChI=1S/C30H36N2O6/c1-20(33)22-5-9-24(10-6-22)38-25-11-7-23(8-12-25)30-28(35)17-31-18-29(30)37-19-21-4-13-27(34)26(16-21)32-14-3-15-36-2/h4-13,16,28-32,34-35H,3,14-15,17-19H2,1-2H3/t28-,29+,30+/m1/s1. The van der Waals surface area contributed by atoms with E-state index in [1.165, 1.54) is 6.92 Å². The number of aliphatic hydroxyl groups excluding tert-OH is 1. The minimum absolute atomic E-state index is 0.0127. The molecule has 0 unspecified atom stereocenters. The van der Waals surface area contributed by atoms with Crippen molar-refractivity contribution in [3.05, 3.63) is 83.4 Å².